The minimum absolute atomic E-state index is 0.198. The molecule has 2 aliphatic heterocycles. The molecule has 2 aromatic carbocycles. The Kier molecular flexibility index (Phi) is 5.46. The van der Waals surface area contributed by atoms with E-state index >= 15 is 0 Å². The Bertz CT molecular complexity index is 1230. The molecule has 33 heavy (non-hydrogen) atoms. The molecule has 0 saturated carbocycles. The van der Waals surface area contributed by atoms with Crippen molar-refractivity contribution in [1.29, 1.82) is 0 Å². The van der Waals surface area contributed by atoms with Gasteiger partial charge >= 0.3 is 0 Å². The molecule has 2 aliphatic rings. The first kappa shape index (κ1) is 21.3. The molecule has 170 valence electrons. The molecule has 1 amide bonds. The summed E-state index contributed by atoms with van der Waals surface area (Å²) in [4.78, 5) is 19.5. The summed E-state index contributed by atoms with van der Waals surface area (Å²) in [5.74, 6) is -0.102. The van der Waals surface area contributed by atoms with Crippen molar-refractivity contribution in [3.8, 4) is 0 Å². The van der Waals surface area contributed by atoms with Crippen LogP contribution in [0.25, 0.3) is 5.57 Å². The van der Waals surface area contributed by atoms with Crippen LogP contribution in [0.5, 0.6) is 0 Å². The van der Waals surface area contributed by atoms with Gasteiger partial charge in [-0.05, 0) is 49.9 Å². The van der Waals surface area contributed by atoms with Gasteiger partial charge < -0.3 is 15.5 Å². The van der Waals surface area contributed by atoms with Gasteiger partial charge in [-0.2, -0.15) is 5.10 Å². The summed E-state index contributed by atoms with van der Waals surface area (Å²) in [6.07, 6.45) is 3.59. The van der Waals surface area contributed by atoms with E-state index in [1.165, 1.54) is 17.7 Å². The fourth-order valence-corrected chi connectivity index (χ4v) is 4.89. The van der Waals surface area contributed by atoms with Crippen LogP contribution in [0.4, 0.5) is 10.1 Å². The van der Waals surface area contributed by atoms with Gasteiger partial charge in [0.25, 0.3) is 5.91 Å². The van der Waals surface area contributed by atoms with E-state index in [0.29, 0.717) is 24.3 Å². The number of benzene rings is 2. The van der Waals surface area contributed by atoms with Crippen molar-refractivity contribution in [3.05, 3.63) is 82.7 Å². The molecule has 7 nitrogen and oxygen atoms in total. The summed E-state index contributed by atoms with van der Waals surface area (Å²) in [6, 6.07) is 11.1. The van der Waals surface area contributed by atoms with Crippen LogP contribution in [-0.2, 0) is 13.1 Å². The molecule has 2 atom stereocenters. The highest BCUT2D eigenvalue weighted by Gasteiger charge is 2.40. The summed E-state index contributed by atoms with van der Waals surface area (Å²) in [5.41, 5.74) is 4.94. The molecule has 3 aromatic rings. The minimum Gasteiger partial charge on any atom is -0.377 e. The van der Waals surface area contributed by atoms with Crippen LogP contribution in [-0.4, -0.2) is 46.2 Å². The molecule has 0 radical (unpaired) electrons. The Balaban J connectivity index is 1.69. The third-order valence-electron chi connectivity index (χ3n) is 6.26. The number of hydrogen-bond acceptors (Lipinski definition) is 5. The highest BCUT2D eigenvalue weighted by Crippen LogP contribution is 2.50. The van der Waals surface area contributed by atoms with Crippen LogP contribution in [0.2, 0.25) is 0 Å². The van der Waals surface area contributed by atoms with E-state index in [9.17, 15) is 9.18 Å². The Morgan fingerprint density at radius 2 is 2.00 bits per heavy atom. The standard InChI is InChI=1S/C25H27FN6O/c1-4-32-24(28-14-29-32)22-18-9-10-27-25(33)19-11-17(26)12-20(21(18)19)30-23(22)16-7-5-15(6-8-16)13-31(2)3/h5-9,11-12,14,22-23,30H,4,10,13H2,1-3H3,(H,27,33). The predicted molar refractivity (Wildman–Crippen MR) is 125 cm³/mol. The van der Waals surface area contributed by atoms with Crippen LogP contribution in [0.3, 0.4) is 0 Å². The largest absolute Gasteiger partial charge is 0.377 e. The molecule has 1 aromatic heterocycles. The molecule has 5 rings (SSSR count). The highest BCUT2D eigenvalue weighted by atomic mass is 19.1. The first-order chi connectivity index (χ1) is 16.0. The molecule has 0 saturated heterocycles. The third-order valence-corrected chi connectivity index (χ3v) is 6.26. The summed E-state index contributed by atoms with van der Waals surface area (Å²) in [5, 5.41) is 10.8. The zero-order valence-electron chi connectivity index (χ0n) is 19.0. The van der Waals surface area contributed by atoms with Crippen LogP contribution < -0.4 is 10.6 Å². The van der Waals surface area contributed by atoms with Crippen molar-refractivity contribution in [1.82, 2.24) is 25.0 Å². The van der Waals surface area contributed by atoms with Crippen molar-refractivity contribution >= 4 is 17.2 Å². The first-order valence-corrected chi connectivity index (χ1v) is 11.2. The lowest BCUT2D eigenvalue weighted by Crippen LogP contribution is -2.29. The monoisotopic (exact) mass is 446 g/mol. The minimum atomic E-state index is -0.442. The number of carbonyl (C=O) groups is 1. The van der Waals surface area contributed by atoms with Crippen molar-refractivity contribution in [3.63, 3.8) is 0 Å². The SMILES string of the molecule is CCn1ncnc1C1C2=CCNC(=O)c3cc(F)cc(c32)NC1c1ccc(CN(C)C)cc1. The van der Waals surface area contributed by atoms with E-state index in [2.05, 4.69) is 49.9 Å². The molecule has 0 aliphatic carbocycles. The maximum absolute atomic E-state index is 14.5. The molecule has 2 unspecified atom stereocenters. The molecule has 0 spiro atoms. The molecular weight excluding hydrogens is 419 g/mol. The average Bonchev–Trinajstić information content (AvgIpc) is 3.19. The number of nitrogens with one attached hydrogen (secondary N) is 2. The zero-order chi connectivity index (χ0) is 23.1. The number of anilines is 1. The second kappa shape index (κ2) is 8.44. The smallest absolute Gasteiger partial charge is 0.252 e. The van der Waals surface area contributed by atoms with Crippen molar-refractivity contribution < 1.29 is 9.18 Å². The van der Waals surface area contributed by atoms with Crippen LogP contribution in [0.1, 0.15) is 51.8 Å². The lowest BCUT2D eigenvalue weighted by atomic mass is 9.77. The van der Waals surface area contributed by atoms with Crippen LogP contribution in [0.15, 0.2) is 48.8 Å². The third kappa shape index (κ3) is 3.80. The molecule has 3 heterocycles. The second-order valence-corrected chi connectivity index (χ2v) is 8.76. The topological polar surface area (TPSA) is 75.1 Å². The van der Waals surface area contributed by atoms with Gasteiger partial charge in [0.05, 0.1) is 17.5 Å². The summed E-state index contributed by atoms with van der Waals surface area (Å²) in [6.45, 7) is 3.92. The summed E-state index contributed by atoms with van der Waals surface area (Å²) < 4.78 is 16.4. The maximum Gasteiger partial charge on any atom is 0.252 e. The number of aromatic nitrogens is 3. The Morgan fingerprint density at radius 3 is 2.73 bits per heavy atom. The van der Waals surface area contributed by atoms with Gasteiger partial charge in [-0.1, -0.05) is 30.3 Å². The number of hydrogen-bond donors (Lipinski definition) is 2. The van der Waals surface area contributed by atoms with E-state index in [1.54, 1.807) is 6.33 Å². The molecule has 0 bridgehead atoms. The Morgan fingerprint density at radius 1 is 1.21 bits per heavy atom. The second-order valence-electron chi connectivity index (χ2n) is 8.76. The summed E-state index contributed by atoms with van der Waals surface area (Å²) in [7, 11) is 4.09. The molecule has 0 fully saturated rings. The van der Waals surface area contributed by atoms with E-state index in [1.807, 2.05) is 31.8 Å². The highest BCUT2D eigenvalue weighted by molar-refractivity contribution is 6.04. The predicted octanol–water partition coefficient (Wildman–Crippen LogP) is 3.58. The van der Waals surface area contributed by atoms with E-state index in [4.69, 9.17) is 0 Å². The Labute approximate surface area is 192 Å². The van der Waals surface area contributed by atoms with Gasteiger partial charge in [-0.3, -0.25) is 4.79 Å². The summed E-state index contributed by atoms with van der Waals surface area (Å²) >= 11 is 0. The lowest BCUT2D eigenvalue weighted by Gasteiger charge is -2.37. The lowest BCUT2D eigenvalue weighted by molar-refractivity contribution is 0.0958. The zero-order valence-corrected chi connectivity index (χ0v) is 19.0. The van der Waals surface area contributed by atoms with Gasteiger partial charge in [0, 0.05) is 30.9 Å². The van der Waals surface area contributed by atoms with E-state index < -0.39 is 5.82 Å². The number of halogens is 1. The van der Waals surface area contributed by atoms with Gasteiger partial charge in [-0.25, -0.2) is 14.1 Å². The normalized spacial score (nSPS) is 19.4. The number of carbonyl (C=O) groups excluding carboxylic acids is 1. The van der Waals surface area contributed by atoms with Gasteiger partial charge in [0.2, 0.25) is 0 Å². The molecule has 2 N–H and O–H groups in total. The quantitative estimate of drug-likeness (QED) is 0.627. The van der Waals surface area contributed by atoms with Crippen LogP contribution >= 0.6 is 0 Å². The number of amides is 1. The number of rotatable bonds is 5. The van der Waals surface area contributed by atoms with Crippen molar-refractivity contribution in [2.45, 2.75) is 32.0 Å². The van der Waals surface area contributed by atoms with Crippen molar-refractivity contribution in [2.24, 2.45) is 0 Å². The Hall–Kier alpha value is -3.52. The van der Waals surface area contributed by atoms with E-state index in [-0.39, 0.29) is 17.9 Å². The van der Waals surface area contributed by atoms with Gasteiger partial charge in [0.1, 0.15) is 18.0 Å². The fourth-order valence-electron chi connectivity index (χ4n) is 4.89. The van der Waals surface area contributed by atoms with Crippen LogP contribution in [0, 0.1) is 5.82 Å². The molecular formula is C25H27FN6O. The van der Waals surface area contributed by atoms with Crippen molar-refractivity contribution in [2.75, 3.05) is 26.0 Å². The van der Waals surface area contributed by atoms with Gasteiger partial charge in [-0.15, -0.1) is 0 Å². The maximum atomic E-state index is 14.5. The number of nitrogens with zero attached hydrogens (tertiary/aromatic N) is 4. The number of aryl methyl sites for hydroxylation is 1. The van der Waals surface area contributed by atoms with Gasteiger partial charge in [0.15, 0.2) is 0 Å². The first-order valence-electron chi connectivity index (χ1n) is 11.2. The average molecular weight is 447 g/mol. The molecule has 8 heteroatoms. The van der Waals surface area contributed by atoms with E-state index in [0.717, 1.165) is 29.1 Å². The fraction of sp³-hybridized carbons (Fsp3) is 0.320.